The maximum Gasteiger partial charge on any atom is 0.194 e. The highest BCUT2D eigenvalue weighted by atomic mass is 127. The minimum absolute atomic E-state index is 0. The van der Waals surface area contributed by atoms with Crippen LogP contribution in [-0.4, -0.2) is 31.0 Å². The lowest BCUT2D eigenvalue weighted by molar-refractivity contribution is 0.478. The van der Waals surface area contributed by atoms with Crippen molar-refractivity contribution in [1.29, 1.82) is 0 Å². The highest BCUT2D eigenvalue weighted by molar-refractivity contribution is 14.0. The molecule has 0 saturated carbocycles. The van der Waals surface area contributed by atoms with Gasteiger partial charge < -0.3 is 14.6 Å². The Morgan fingerprint density at radius 3 is 2.77 bits per heavy atom. The zero-order valence-corrected chi connectivity index (χ0v) is 15.2. The normalized spacial score (nSPS) is 15.2. The average Bonchev–Trinajstić information content (AvgIpc) is 3.10. The van der Waals surface area contributed by atoms with Gasteiger partial charge in [-0.2, -0.15) is 0 Å². The topological polar surface area (TPSA) is 40.8 Å². The molecule has 2 heterocycles. The zero-order valence-electron chi connectivity index (χ0n) is 12.9. The van der Waals surface area contributed by atoms with Crippen molar-refractivity contribution in [3.8, 4) is 0 Å². The lowest BCUT2D eigenvalue weighted by Crippen LogP contribution is -2.39. The van der Waals surface area contributed by atoms with Crippen molar-refractivity contribution in [2.75, 3.05) is 20.1 Å². The number of hydrogen-bond acceptors (Lipinski definition) is 2. The van der Waals surface area contributed by atoms with Crippen molar-refractivity contribution in [3.05, 3.63) is 35.3 Å². The van der Waals surface area contributed by atoms with Crippen LogP contribution in [0.15, 0.2) is 27.6 Å². The molecule has 6 heteroatoms. The Kier molecular flexibility index (Phi) is 5.66. The second kappa shape index (κ2) is 7.30. The smallest absolute Gasteiger partial charge is 0.194 e. The minimum atomic E-state index is -0.237. The molecule has 1 aromatic heterocycles. The molecule has 0 spiro atoms. The third-order valence-corrected chi connectivity index (χ3v) is 4.02. The Morgan fingerprint density at radius 1 is 1.36 bits per heavy atom. The first kappa shape index (κ1) is 17.1. The van der Waals surface area contributed by atoms with Crippen molar-refractivity contribution in [2.24, 2.45) is 4.99 Å². The molecule has 0 atom stereocenters. The van der Waals surface area contributed by atoms with Gasteiger partial charge in [-0.1, -0.05) is 0 Å². The van der Waals surface area contributed by atoms with Gasteiger partial charge in [-0.3, -0.25) is 4.99 Å². The van der Waals surface area contributed by atoms with E-state index in [-0.39, 0.29) is 29.8 Å². The molecule has 0 bridgehead atoms. The number of hydrogen-bond donors (Lipinski definition) is 1. The number of nitrogens with zero attached hydrogens (tertiary/aromatic N) is 2. The number of guanidine groups is 1. The summed E-state index contributed by atoms with van der Waals surface area (Å²) in [7, 11) is 1.79. The molecule has 3 rings (SSSR count). The molecule has 0 radical (unpaired) electrons. The molecule has 1 N–H and O–H groups in total. The van der Waals surface area contributed by atoms with E-state index in [1.807, 2.05) is 6.92 Å². The van der Waals surface area contributed by atoms with Crippen molar-refractivity contribution in [2.45, 2.75) is 26.3 Å². The third kappa shape index (κ3) is 3.37. The molecule has 2 aromatic rings. The standard InChI is InChI=1S/C16H20FN3O.HI/c1-11-13-9-12(17)5-6-14(13)21-15(11)10-19-16(18-2)20-7-3-4-8-20;/h5-6,9H,3-4,7-8,10H2,1-2H3,(H,18,19);1H. The van der Waals surface area contributed by atoms with Gasteiger partial charge in [0.2, 0.25) is 0 Å². The molecule has 0 amide bonds. The fraction of sp³-hybridized carbons (Fsp3) is 0.438. The SMILES string of the molecule is CN=C(NCc1oc2ccc(F)cc2c1C)N1CCCC1.I. The van der Waals surface area contributed by atoms with Gasteiger partial charge in [0, 0.05) is 31.1 Å². The molecule has 1 aromatic carbocycles. The predicted octanol–water partition coefficient (Wildman–Crippen LogP) is 3.67. The maximum absolute atomic E-state index is 13.3. The third-order valence-electron chi connectivity index (χ3n) is 4.02. The van der Waals surface area contributed by atoms with Crippen LogP contribution in [0.2, 0.25) is 0 Å². The molecule has 0 unspecified atom stereocenters. The zero-order chi connectivity index (χ0) is 14.8. The Balaban J connectivity index is 0.00000176. The van der Waals surface area contributed by atoms with Crippen LogP contribution < -0.4 is 5.32 Å². The van der Waals surface area contributed by atoms with Gasteiger partial charge in [0.1, 0.15) is 17.2 Å². The molecule has 120 valence electrons. The summed E-state index contributed by atoms with van der Waals surface area (Å²) >= 11 is 0. The number of benzene rings is 1. The fourth-order valence-corrected chi connectivity index (χ4v) is 2.83. The number of aryl methyl sites for hydroxylation is 1. The lowest BCUT2D eigenvalue weighted by atomic mass is 10.1. The van der Waals surface area contributed by atoms with E-state index in [4.69, 9.17) is 4.42 Å². The predicted molar refractivity (Wildman–Crippen MR) is 97.3 cm³/mol. The Morgan fingerprint density at radius 2 is 2.09 bits per heavy atom. The number of likely N-dealkylation sites (tertiary alicyclic amines) is 1. The molecule has 4 nitrogen and oxygen atoms in total. The van der Waals surface area contributed by atoms with Crippen LogP contribution in [0.25, 0.3) is 11.0 Å². The summed E-state index contributed by atoms with van der Waals surface area (Å²) in [6.07, 6.45) is 2.42. The first-order valence-corrected chi connectivity index (χ1v) is 7.32. The largest absolute Gasteiger partial charge is 0.459 e. The van der Waals surface area contributed by atoms with E-state index in [9.17, 15) is 4.39 Å². The summed E-state index contributed by atoms with van der Waals surface area (Å²) in [6.45, 7) is 4.61. The lowest BCUT2D eigenvalue weighted by Gasteiger charge is -2.20. The van der Waals surface area contributed by atoms with Gasteiger partial charge in [0.15, 0.2) is 5.96 Å². The van der Waals surface area contributed by atoms with E-state index in [0.717, 1.165) is 41.3 Å². The van der Waals surface area contributed by atoms with Crippen molar-refractivity contribution in [3.63, 3.8) is 0 Å². The maximum atomic E-state index is 13.3. The van der Waals surface area contributed by atoms with Crippen LogP contribution in [-0.2, 0) is 6.54 Å². The number of furan rings is 1. The monoisotopic (exact) mass is 417 g/mol. The van der Waals surface area contributed by atoms with Crippen LogP contribution in [0.3, 0.4) is 0 Å². The molecular formula is C16H21FIN3O. The summed E-state index contributed by atoms with van der Waals surface area (Å²) in [5, 5.41) is 4.17. The molecule has 1 saturated heterocycles. The summed E-state index contributed by atoms with van der Waals surface area (Å²) in [6, 6.07) is 4.62. The van der Waals surface area contributed by atoms with Crippen LogP contribution in [0.4, 0.5) is 4.39 Å². The number of aliphatic imine (C=N–C) groups is 1. The Bertz CT molecular complexity index is 677. The average molecular weight is 417 g/mol. The highest BCUT2D eigenvalue weighted by Gasteiger charge is 2.17. The van der Waals surface area contributed by atoms with Gasteiger partial charge in [-0.05, 0) is 38.0 Å². The summed E-state index contributed by atoms with van der Waals surface area (Å²) in [5.41, 5.74) is 1.70. The Labute approximate surface area is 146 Å². The molecule has 0 aliphatic carbocycles. The minimum Gasteiger partial charge on any atom is -0.459 e. The van der Waals surface area contributed by atoms with E-state index >= 15 is 0 Å². The van der Waals surface area contributed by atoms with E-state index in [2.05, 4.69) is 15.2 Å². The fourth-order valence-electron chi connectivity index (χ4n) is 2.83. The molecule has 1 aliphatic rings. The second-order valence-electron chi connectivity index (χ2n) is 5.39. The quantitative estimate of drug-likeness (QED) is 0.461. The number of nitrogens with one attached hydrogen (secondary N) is 1. The van der Waals surface area contributed by atoms with Crippen LogP contribution in [0, 0.1) is 12.7 Å². The van der Waals surface area contributed by atoms with Crippen LogP contribution in [0.1, 0.15) is 24.2 Å². The molecular weight excluding hydrogens is 396 g/mol. The van der Waals surface area contributed by atoms with Gasteiger partial charge in [-0.15, -0.1) is 24.0 Å². The summed E-state index contributed by atoms with van der Waals surface area (Å²) in [5.74, 6) is 1.49. The molecule has 1 aliphatic heterocycles. The first-order chi connectivity index (χ1) is 10.2. The summed E-state index contributed by atoms with van der Waals surface area (Å²) < 4.78 is 19.1. The van der Waals surface area contributed by atoms with Crippen LogP contribution in [0.5, 0.6) is 0 Å². The van der Waals surface area contributed by atoms with E-state index in [1.165, 1.54) is 25.0 Å². The second-order valence-corrected chi connectivity index (χ2v) is 5.39. The Hall–Kier alpha value is -1.31. The van der Waals surface area contributed by atoms with Gasteiger partial charge >= 0.3 is 0 Å². The molecule has 22 heavy (non-hydrogen) atoms. The van der Waals surface area contributed by atoms with Crippen molar-refractivity contribution < 1.29 is 8.81 Å². The number of rotatable bonds is 2. The van der Waals surface area contributed by atoms with Crippen LogP contribution >= 0.6 is 24.0 Å². The van der Waals surface area contributed by atoms with E-state index in [1.54, 1.807) is 13.1 Å². The first-order valence-electron chi connectivity index (χ1n) is 7.32. The van der Waals surface area contributed by atoms with Gasteiger partial charge in [0.25, 0.3) is 0 Å². The van der Waals surface area contributed by atoms with Gasteiger partial charge in [0.05, 0.1) is 6.54 Å². The van der Waals surface area contributed by atoms with E-state index in [0.29, 0.717) is 6.54 Å². The number of fused-ring (bicyclic) bond motifs is 1. The summed E-state index contributed by atoms with van der Waals surface area (Å²) in [4.78, 5) is 6.56. The number of halogens is 2. The van der Waals surface area contributed by atoms with Crippen molar-refractivity contribution in [1.82, 2.24) is 10.2 Å². The molecule has 1 fully saturated rings. The van der Waals surface area contributed by atoms with Crippen molar-refractivity contribution >= 4 is 40.9 Å². The highest BCUT2D eigenvalue weighted by Crippen LogP contribution is 2.25. The van der Waals surface area contributed by atoms with E-state index < -0.39 is 0 Å². The van der Waals surface area contributed by atoms with Gasteiger partial charge in [-0.25, -0.2) is 4.39 Å².